The average Bonchev–Trinajstić information content (AvgIpc) is 3.15. The number of hydrogen-bond acceptors (Lipinski definition) is 2. The van der Waals surface area contributed by atoms with Gasteiger partial charge in [-0.1, -0.05) is 61.7 Å². The van der Waals surface area contributed by atoms with Crippen molar-refractivity contribution in [2.24, 2.45) is 5.92 Å². The van der Waals surface area contributed by atoms with Crippen LogP contribution in [0.4, 0.5) is 5.69 Å². The molecule has 2 heterocycles. The lowest BCUT2D eigenvalue weighted by molar-refractivity contribution is 0.126. The summed E-state index contributed by atoms with van der Waals surface area (Å²) in [6.07, 6.45) is 5.92. The van der Waals surface area contributed by atoms with Crippen molar-refractivity contribution in [1.29, 1.82) is 0 Å². The number of fused-ring (bicyclic) bond motifs is 3. The highest BCUT2D eigenvalue weighted by molar-refractivity contribution is 5.56. The molecule has 0 amide bonds. The molecule has 2 heteroatoms. The SMILES string of the molecule is [2H]C1N(c2ccccc2C)[C@@H](C)C2c3ccccc3C([2H])(C3CCCCC3)N21. The van der Waals surface area contributed by atoms with Crippen LogP contribution in [0.5, 0.6) is 0 Å². The lowest BCUT2D eigenvalue weighted by atomic mass is 9.81. The van der Waals surface area contributed by atoms with E-state index in [-0.39, 0.29) is 12.1 Å². The van der Waals surface area contributed by atoms with Crippen molar-refractivity contribution in [3.05, 3.63) is 65.2 Å². The minimum Gasteiger partial charge on any atom is -0.354 e. The molecule has 0 bridgehead atoms. The number of rotatable bonds is 2. The van der Waals surface area contributed by atoms with E-state index in [0.717, 1.165) is 24.1 Å². The van der Waals surface area contributed by atoms with Gasteiger partial charge in [0.15, 0.2) is 0 Å². The van der Waals surface area contributed by atoms with Gasteiger partial charge in [0.25, 0.3) is 0 Å². The fourth-order valence-electron chi connectivity index (χ4n) is 5.39. The summed E-state index contributed by atoms with van der Waals surface area (Å²) >= 11 is 0. The van der Waals surface area contributed by atoms with Gasteiger partial charge in [-0.3, -0.25) is 4.90 Å². The molecule has 2 aromatic rings. The van der Waals surface area contributed by atoms with E-state index >= 15 is 0 Å². The smallest absolute Gasteiger partial charge is 0.0722 e. The Kier molecular flexibility index (Phi) is 3.53. The summed E-state index contributed by atoms with van der Waals surface area (Å²) < 4.78 is 19.1. The topological polar surface area (TPSA) is 6.48 Å². The van der Waals surface area contributed by atoms with Gasteiger partial charge >= 0.3 is 0 Å². The first-order chi connectivity index (χ1) is 13.5. The normalized spacial score (nSPS) is 35.8. The van der Waals surface area contributed by atoms with Crippen LogP contribution in [0.1, 0.15) is 70.5 Å². The molecule has 1 saturated carbocycles. The zero-order valence-corrected chi connectivity index (χ0v) is 15.9. The molecule has 3 aliphatic rings. The largest absolute Gasteiger partial charge is 0.354 e. The Bertz CT molecular complexity index is 878. The molecule has 2 fully saturated rings. The highest BCUT2D eigenvalue weighted by Gasteiger charge is 2.50. The summed E-state index contributed by atoms with van der Waals surface area (Å²) in [7, 11) is 0. The van der Waals surface area contributed by atoms with Crippen LogP contribution in [0.2, 0.25) is 0 Å². The molecule has 0 radical (unpaired) electrons. The molecule has 0 N–H and O–H groups in total. The Hall–Kier alpha value is -1.80. The van der Waals surface area contributed by atoms with Gasteiger partial charge in [-0.15, -0.1) is 0 Å². The second-order valence-corrected chi connectivity index (χ2v) is 8.21. The van der Waals surface area contributed by atoms with Gasteiger partial charge in [0.1, 0.15) is 0 Å². The summed E-state index contributed by atoms with van der Waals surface area (Å²) in [5.74, 6) is 0.310. The first-order valence-corrected chi connectivity index (χ1v) is 10.2. The quantitative estimate of drug-likeness (QED) is 0.673. The minimum atomic E-state index is -0.792. The van der Waals surface area contributed by atoms with E-state index in [1.54, 1.807) is 0 Å². The highest BCUT2D eigenvalue weighted by Crippen LogP contribution is 2.54. The maximum absolute atomic E-state index is 9.79. The van der Waals surface area contributed by atoms with Crippen molar-refractivity contribution in [3.63, 3.8) is 0 Å². The average molecular weight is 349 g/mol. The molecule has 4 atom stereocenters. The fourth-order valence-corrected chi connectivity index (χ4v) is 5.39. The predicted octanol–water partition coefficient (Wildman–Crippen LogP) is 5.84. The van der Waals surface area contributed by atoms with Gasteiger partial charge in [0, 0.05) is 17.7 Å². The van der Waals surface area contributed by atoms with Gasteiger partial charge in [0.2, 0.25) is 0 Å². The van der Waals surface area contributed by atoms with E-state index in [0.29, 0.717) is 5.92 Å². The Labute approximate surface area is 160 Å². The second-order valence-electron chi connectivity index (χ2n) is 8.21. The highest BCUT2D eigenvalue weighted by atomic mass is 15.4. The van der Waals surface area contributed by atoms with Crippen molar-refractivity contribution in [2.75, 3.05) is 11.5 Å². The monoisotopic (exact) mass is 348 g/mol. The van der Waals surface area contributed by atoms with E-state index < -0.39 is 12.7 Å². The number of hydrogen-bond donors (Lipinski definition) is 0. The molecule has 0 spiro atoms. The molecule has 3 unspecified atom stereocenters. The van der Waals surface area contributed by atoms with Crippen molar-refractivity contribution in [3.8, 4) is 0 Å². The van der Waals surface area contributed by atoms with Crippen LogP contribution in [0.25, 0.3) is 0 Å². The first-order valence-electron chi connectivity index (χ1n) is 11.3. The lowest BCUT2D eigenvalue weighted by Gasteiger charge is -2.34. The fraction of sp³-hybridized carbons (Fsp3) is 0.500. The Morgan fingerprint density at radius 2 is 1.65 bits per heavy atom. The van der Waals surface area contributed by atoms with E-state index in [9.17, 15) is 2.74 Å². The summed E-state index contributed by atoms with van der Waals surface area (Å²) in [5, 5.41) is 0. The maximum atomic E-state index is 9.79. The second kappa shape index (κ2) is 6.42. The summed E-state index contributed by atoms with van der Waals surface area (Å²) in [4.78, 5) is 4.47. The van der Waals surface area contributed by atoms with Gasteiger partial charge in [0.05, 0.1) is 15.4 Å². The third-order valence-corrected chi connectivity index (χ3v) is 6.66. The summed E-state index contributed by atoms with van der Waals surface area (Å²) in [6, 6.07) is 16.4. The zero-order chi connectivity index (χ0) is 19.5. The van der Waals surface area contributed by atoms with Gasteiger partial charge in [-0.25, -0.2) is 0 Å². The van der Waals surface area contributed by atoms with Gasteiger partial charge < -0.3 is 4.90 Å². The standard InChI is InChI=1S/C24H30N2/c1-17-10-6-9-15-22(17)25-16-26-23(18(25)2)20-13-7-8-14-21(20)24(26)19-11-4-3-5-12-19/h6-10,13-15,18-19,23-24H,3-5,11-12,16H2,1-2H3/t18-,23?,24?/m0/s1/i16D,24D/t16?,18-,23?,24?. The number of para-hydroxylation sites is 1. The van der Waals surface area contributed by atoms with Crippen molar-refractivity contribution < 1.29 is 2.74 Å². The van der Waals surface area contributed by atoms with Crippen LogP contribution < -0.4 is 4.90 Å². The molecule has 1 saturated heterocycles. The molecule has 136 valence electrons. The minimum absolute atomic E-state index is 0.109. The number of anilines is 1. The zero-order valence-electron chi connectivity index (χ0n) is 17.9. The van der Waals surface area contributed by atoms with Crippen LogP contribution in [-0.2, 0) is 0 Å². The lowest BCUT2D eigenvalue weighted by Crippen LogP contribution is -2.33. The number of benzene rings is 2. The van der Waals surface area contributed by atoms with Crippen LogP contribution in [0, 0.1) is 12.8 Å². The van der Waals surface area contributed by atoms with E-state index in [2.05, 4.69) is 72.2 Å². The predicted molar refractivity (Wildman–Crippen MR) is 108 cm³/mol. The van der Waals surface area contributed by atoms with Crippen LogP contribution in [0.3, 0.4) is 0 Å². The number of nitrogens with zero attached hydrogens (tertiary/aromatic N) is 2. The summed E-state index contributed by atoms with van der Waals surface area (Å²) in [6.45, 7) is 3.83. The third kappa shape index (κ3) is 2.42. The molecular formula is C24H30N2. The van der Waals surface area contributed by atoms with Gasteiger partial charge in [-0.2, -0.15) is 0 Å². The van der Waals surface area contributed by atoms with E-state index in [1.807, 2.05) is 0 Å². The Balaban J connectivity index is 1.64. The molecule has 2 aliphatic heterocycles. The van der Waals surface area contributed by atoms with E-state index in [1.165, 1.54) is 30.4 Å². The van der Waals surface area contributed by atoms with Crippen LogP contribution >= 0.6 is 0 Å². The van der Waals surface area contributed by atoms with Crippen molar-refractivity contribution >= 4 is 5.69 Å². The molecule has 5 rings (SSSR count). The molecule has 1 aliphatic carbocycles. The van der Waals surface area contributed by atoms with Crippen LogP contribution in [0.15, 0.2) is 48.5 Å². The van der Waals surface area contributed by atoms with Gasteiger partial charge in [-0.05, 0) is 55.4 Å². The summed E-state index contributed by atoms with van der Waals surface area (Å²) in [5.41, 5.74) is 4.76. The van der Waals surface area contributed by atoms with Crippen molar-refractivity contribution in [2.45, 2.75) is 64.1 Å². The Morgan fingerprint density at radius 3 is 2.42 bits per heavy atom. The first kappa shape index (κ1) is 14.3. The molecule has 0 aromatic heterocycles. The third-order valence-electron chi connectivity index (χ3n) is 6.66. The maximum Gasteiger partial charge on any atom is 0.0722 e. The van der Waals surface area contributed by atoms with Crippen LogP contribution in [-0.4, -0.2) is 17.6 Å². The van der Waals surface area contributed by atoms with Crippen molar-refractivity contribution in [1.82, 2.24) is 4.90 Å². The Morgan fingerprint density at radius 1 is 0.962 bits per heavy atom. The molecule has 2 aromatic carbocycles. The molecule has 26 heavy (non-hydrogen) atoms. The molecule has 2 nitrogen and oxygen atoms in total. The molecular weight excluding hydrogens is 316 g/mol. The number of aryl methyl sites for hydroxylation is 1. The van der Waals surface area contributed by atoms with E-state index in [4.69, 9.17) is 0 Å².